The van der Waals surface area contributed by atoms with Crippen LogP contribution in [0.1, 0.15) is 30.9 Å². The first-order valence-corrected chi connectivity index (χ1v) is 5.12. The molecule has 0 saturated heterocycles. The fraction of sp³-hybridized carbons (Fsp3) is 0.455. The van der Waals surface area contributed by atoms with Gasteiger partial charge in [-0.15, -0.1) is 12.4 Å². The van der Waals surface area contributed by atoms with Crippen LogP contribution in [0, 0.1) is 0 Å². The molecule has 1 rings (SSSR count). The zero-order chi connectivity index (χ0) is 11.3. The lowest BCUT2D eigenvalue weighted by Crippen LogP contribution is -2.10. The minimum Gasteiger partial charge on any atom is -0.504 e. The van der Waals surface area contributed by atoms with Gasteiger partial charge in [-0.3, -0.25) is 0 Å². The second kappa shape index (κ2) is 7.33. The Morgan fingerprint density at radius 1 is 1.12 bits per heavy atom. The molecule has 0 amide bonds. The molecule has 92 valence electrons. The molecule has 5 heteroatoms. The normalized spacial score (nSPS) is 11.9. The summed E-state index contributed by atoms with van der Waals surface area (Å²) in [5, 5.41) is 18.4. The minimum atomic E-state index is -0.123. The summed E-state index contributed by atoms with van der Waals surface area (Å²) in [6.45, 7) is 0.674. The molecule has 0 aliphatic rings. The van der Waals surface area contributed by atoms with Gasteiger partial charge in [-0.1, -0.05) is 12.5 Å². The van der Waals surface area contributed by atoms with Crippen molar-refractivity contribution < 1.29 is 10.2 Å². The van der Waals surface area contributed by atoms with Gasteiger partial charge in [-0.25, -0.2) is 0 Å². The summed E-state index contributed by atoms with van der Waals surface area (Å²) >= 11 is 0. The lowest BCUT2D eigenvalue weighted by atomic mass is 10.0. The van der Waals surface area contributed by atoms with E-state index < -0.39 is 0 Å². The molecule has 16 heavy (non-hydrogen) atoms. The molecule has 1 aromatic carbocycles. The monoisotopic (exact) mass is 246 g/mol. The molecule has 0 unspecified atom stereocenters. The second-order valence-corrected chi connectivity index (χ2v) is 3.64. The van der Waals surface area contributed by atoms with E-state index in [1.807, 2.05) is 0 Å². The number of aromatic hydroxyl groups is 2. The van der Waals surface area contributed by atoms with Gasteiger partial charge in [-0.2, -0.15) is 0 Å². The van der Waals surface area contributed by atoms with Crippen molar-refractivity contribution in [3.05, 3.63) is 23.8 Å². The summed E-state index contributed by atoms with van der Waals surface area (Å²) in [4.78, 5) is 0. The van der Waals surface area contributed by atoms with Crippen LogP contribution in [-0.4, -0.2) is 16.8 Å². The first-order chi connectivity index (χ1) is 7.15. The summed E-state index contributed by atoms with van der Waals surface area (Å²) in [6.07, 6.45) is 2.76. The molecule has 0 saturated carbocycles. The van der Waals surface area contributed by atoms with Crippen LogP contribution >= 0.6 is 12.4 Å². The van der Waals surface area contributed by atoms with Gasteiger partial charge in [0.05, 0.1) is 0 Å². The lowest BCUT2D eigenvalue weighted by molar-refractivity contribution is 0.402. The number of hydrogen-bond donors (Lipinski definition) is 4. The fourth-order valence-electron chi connectivity index (χ4n) is 1.45. The van der Waals surface area contributed by atoms with Crippen molar-refractivity contribution in [1.29, 1.82) is 0 Å². The highest BCUT2D eigenvalue weighted by molar-refractivity contribution is 5.85. The molecule has 1 aromatic rings. The average Bonchev–Trinajstić information content (AvgIpc) is 2.22. The Bertz CT molecular complexity index is 321. The van der Waals surface area contributed by atoms with E-state index in [2.05, 4.69) is 0 Å². The molecule has 0 fully saturated rings. The van der Waals surface area contributed by atoms with E-state index in [1.165, 1.54) is 12.1 Å². The van der Waals surface area contributed by atoms with Gasteiger partial charge in [-0.05, 0) is 37.1 Å². The molecular formula is C11H19ClN2O2. The number of rotatable bonds is 5. The molecule has 4 nitrogen and oxygen atoms in total. The van der Waals surface area contributed by atoms with Crippen LogP contribution in [-0.2, 0) is 0 Å². The van der Waals surface area contributed by atoms with E-state index in [0.29, 0.717) is 6.54 Å². The Kier molecular flexibility index (Phi) is 6.88. The largest absolute Gasteiger partial charge is 0.504 e. The quantitative estimate of drug-likeness (QED) is 0.470. The van der Waals surface area contributed by atoms with Crippen molar-refractivity contribution in [3.63, 3.8) is 0 Å². The number of halogens is 1. The summed E-state index contributed by atoms with van der Waals surface area (Å²) in [5.74, 6) is -0.241. The Morgan fingerprint density at radius 2 is 1.81 bits per heavy atom. The molecular weight excluding hydrogens is 228 g/mol. The molecule has 1 atom stereocenters. The van der Waals surface area contributed by atoms with Gasteiger partial charge >= 0.3 is 0 Å². The molecule has 0 radical (unpaired) electrons. The van der Waals surface area contributed by atoms with E-state index in [9.17, 15) is 5.11 Å². The highest BCUT2D eigenvalue weighted by Gasteiger charge is 2.08. The number of phenols is 2. The summed E-state index contributed by atoms with van der Waals surface area (Å²) < 4.78 is 0. The number of phenolic OH excluding ortho intramolecular Hbond substituents is 2. The van der Waals surface area contributed by atoms with Crippen molar-refractivity contribution in [2.45, 2.75) is 25.3 Å². The highest BCUT2D eigenvalue weighted by atomic mass is 35.5. The van der Waals surface area contributed by atoms with Crippen molar-refractivity contribution in [3.8, 4) is 11.5 Å². The number of hydrogen-bond acceptors (Lipinski definition) is 4. The van der Waals surface area contributed by atoms with E-state index in [4.69, 9.17) is 16.6 Å². The van der Waals surface area contributed by atoms with Gasteiger partial charge in [0, 0.05) is 6.04 Å². The number of benzene rings is 1. The Hall–Kier alpha value is -0.970. The molecule has 6 N–H and O–H groups in total. The van der Waals surface area contributed by atoms with Crippen LogP contribution in [0.25, 0.3) is 0 Å². The number of unbranched alkanes of at least 4 members (excludes halogenated alkanes) is 1. The Morgan fingerprint density at radius 3 is 2.38 bits per heavy atom. The van der Waals surface area contributed by atoms with Crippen molar-refractivity contribution in [2.75, 3.05) is 6.54 Å². The summed E-state index contributed by atoms with van der Waals surface area (Å²) in [5.41, 5.74) is 12.1. The van der Waals surface area contributed by atoms with Crippen LogP contribution in [0.15, 0.2) is 18.2 Å². The SMILES string of the molecule is Cl.NCCCC[C@H](N)c1ccc(O)c(O)c1. The maximum Gasteiger partial charge on any atom is 0.157 e. The molecule has 0 spiro atoms. The van der Waals surface area contributed by atoms with Crippen molar-refractivity contribution in [1.82, 2.24) is 0 Å². The van der Waals surface area contributed by atoms with Gasteiger partial charge in [0.2, 0.25) is 0 Å². The van der Waals surface area contributed by atoms with E-state index in [0.717, 1.165) is 24.8 Å². The van der Waals surface area contributed by atoms with Gasteiger partial charge in [0.15, 0.2) is 11.5 Å². The van der Waals surface area contributed by atoms with Gasteiger partial charge < -0.3 is 21.7 Å². The zero-order valence-corrected chi connectivity index (χ0v) is 9.91. The standard InChI is InChI=1S/C11H18N2O2.ClH/c12-6-2-1-3-9(13)8-4-5-10(14)11(15)7-8;/h4-5,7,9,14-15H,1-3,6,12-13H2;1H/t9-;/m0./s1. The maximum atomic E-state index is 9.30. The maximum absolute atomic E-state index is 9.30. The van der Waals surface area contributed by atoms with Crippen molar-refractivity contribution in [2.24, 2.45) is 11.5 Å². The molecule has 0 bridgehead atoms. The van der Waals surface area contributed by atoms with Crippen molar-refractivity contribution >= 4 is 12.4 Å². The topological polar surface area (TPSA) is 92.5 Å². The molecule has 0 aliphatic carbocycles. The first-order valence-electron chi connectivity index (χ1n) is 5.12. The van der Waals surface area contributed by atoms with E-state index >= 15 is 0 Å². The first kappa shape index (κ1) is 15.0. The van der Waals surface area contributed by atoms with Crippen LogP contribution in [0.4, 0.5) is 0 Å². The van der Waals surface area contributed by atoms with Crippen LogP contribution in [0.2, 0.25) is 0 Å². The summed E-state index contributed by atoms with van der Waals surface area (Å²) in [7, 11) is 0. The second-order valence-electron chi connectivity index (χ2n) is 3.64. The fourth-order valence-corrected chi connectivity index (χ4v) is 1.45. The third kappa shape index (κ3) is 4.26. The summed E-state index contributed by atoms with van der Waals surface area (Å²) in [6, 6.07) is 4.57. The van der Waals surface area contributed by atoms with E-state index in [1.54, 1.807) is 6.07 Å². The average molecular weight is 247 g/mol. The van der Waals surface area contributed by atoms with E-state index in [-0.39, 0.29) is 29.9 Å². The Balaban J connectivity index is 0.00000225. The number of nitrogens with two attached hydrogens (primary N) is 2. The molecule has 0 aromatic heterocycles. The zero-order valence-electron chi connectivity index (χ0n) is 9.10. The third-order valence-electron chi connectivity index (χ3n) is 2.40. The lowest BCUT2D eigenvalue weighted by Gasteiger charge is -2.12. The third-order valence-corrected chi connectivity index (χ3v) is 2.40. The van der Waals surface area contributed by atoms with Crippen LogP contribution < -0.4 is 11.5 Å². The molecule has 0 aliphatic heterocycles. The minimum absolute atomic E-state index is 0. The van der Waals surface area contributed by atoms with Crippen LogP contribution in [0.3, 0.4) is 0 Å². The highest BCUT2D eigenvalue weighted by Crippen LogP contribution is 2.28. The smallest absolute Gasteiger partial charge is 0.157 e. The Labute approximate surface area is 102 Å². The molecule has 0 heterocycles. The predicted octanol–water partition coefficient (Wildman–Crippen LogP) is 1.65. The van der Waals surface area contributed by atoms with Gasteiger partial charge in [0.25, 0.3) is 0 Å². The van der Waals surface area contributed by atoms with Crippen LogP contribution in [0.5, 0.6) is 11.5 Å². The predicted molar refractivity (Wildman–Crippen MR) is 66.9 cm³/mol. The van der Waals surface area contributed by atoms with Gasteiger partial charge in [0.1, 0.15) is 0 Å².